The summed E-state index contributed by atoms with van der Waals surface area (Å²) in [5.74, 6) is -0.510. The zero-order valence-electron chi connectivity index (χ0n) is 14.7. The van der Waals surface area contributed by atoms with Crippen molar-refractivity contribution in [1.29, 1.82) is 0 Å². The van der Waals surface area contributed by atoms with Gasteiger partial charge in [-0.25, -0.2) is 0 Å². The number of nitrogens with one attached hydrogen (secondary N) is 2. The smallest absolute Gasteiger partial charge is 0.251 e. The molecule has 1 atom stereocenters. The quantitative estimate of drug-likeness (QED) is 0.866. The van der Waals surface area contributed by atoms with Crippen molar-refractivity contribution in [3.63, 3.8) is 0 Å². The first-order valence-corrected chi connectivity index (χ1v) is 8.10. The normalized spacial score (nSPS) is 17.0. The first kappa shape index (κ1) is 18.0. The number of amides is 2. The van der Waals surface area contributed by atoms with Crippen molar-refractivity contribution in [3.05, 3.63) is 35.4 Å². The molecule has 0 spiro atoms. The van der Waals surface area contributed by atoms with Crippen molar-refractivity contribution in [1.82, 2.24) is 10.6 Å². The van der Waals surface area contributed by atoms with E-state index in [9.17, 15) is 9.59 Å². The van der Waals surface area contributed by atoms with Crippen molar-refractivity contribution in [2.45, 2.75) is 45.6 Å². The summed E-state index contributed by atoms with van der Waals surface area (Å²) in [5, 5.41) is 9.18. The molecule has 1 aromatic rings. The largest absolute Gasteiger partial charge is 0.390 e. The predicted molar refractivity (Wildman–Crippen MR) is 93.1 cm³/mol. The minimum absolute atomic E-state index is 0.0409. The van der Waals surface area contributed by atoms with E-state index in [1.54, 1.807) is 12.1 Å². The van der Waals surface area contributed by atoms with E-state index in [1.165, 1.54) is 0 Å². The van der Waals surface area contributed by atoms with Gasteiger partial charge in [-0.3, -0.25) is 9.59 Å². The van der Waals surface area contributed by atoms with Crippen LogP contribution in [0.4, 0.5) is 0 Å². The van der Waals surface area contributed by atoms with Gasteiger partial charge < -0.3 is 15.5 Å². The summed E-state index contributed by atoms with van der Waals surface area (Å²) in [6, 6.07) is 7.43. The van der Waals surface area contributed by atoms with Gasteiger partial charge in [0.15, 0.2) is 0 Å². The van der Waals surface area contributed by atoms with Gasteiger partial charge >= 0.3 is 0 Å². The Balaban J connectivity index is 1.75. The average Bonchev–Trinajstić information content (AvgIpc) is 2.95. The summed E-state index contributed by atoms with van der Waals surface area (Å²) in [6.07, 6.45) is 0.599. The molecule has 1 aliphatic rings. The zero-order valence-corrected chi connectivity index (χ0v) is 14.7. The van der Waals surface area contributed by atoms with Crippen LogP contribution in [-0.2, 0) is 15.0 Å². The van der Waals surface area contributed by atoms with Crippen LogP contribution in [0, 0.1) is 0 Å². The number of carbonyl (C=O) groups is 2. The number of hydrogen-bond donors (Lipinski definition) is 2. The highest BCUT2D eigenvalue weighted by Gasteiger charge is 2.19. The lowest BCUT2D eigenvalue weighted by Gasteiger charge is -2.19. The molecule has 24 heavy (non-hydrogen) atoms. The molecular formula is C18H25N3O3. The summed E-state index contributed by atoms with van der Waals surface area (Å²) in [4.78, 5) is 29.0. The van der Waals surface area contributed by atoms with E-state index in [0.717, 1.165) is 11.3 Å². The maximum atomic E-state index is 12.1. The van der Waals surface area contributed by atoms with Gasteiger partial charge in [-0.15, -0.1) is 0 Å². The van der Waals surface area contributed by atoms with E-state index in [2.05, 4.69) is 36.6 Å². The highest BCUT2D eigenvalue weighted by molar-refractivity contribution is 5.96. The Morgan fingerprint density at radius 3 is 2.42 bits per heavy atom. The third-order valence-corrected chi connectivity index (χ3v) is 3.83. The first-order valence-electron chi connectivity index (χ1n) is 8.10. The molecule has 0 unspecified atom stereocenters. The molecule has 6 heteroatoms. The monoisotopic (exact) mass is 331 g/mol. The standard InChI is InChI=1S/C18H25N3O3/c1-12-9-15(24-21-12)10-19-16(22)11-20-17(23)13-5-7-14(8-6-13)18(2,3)4/h5-8,15H,9-11H2,1-4H3,(H,19,22)(H,20,23)/t15-/m1/s1. The first-order chi connectivity index (χ1) is 11.3. The third-order valence-electron chi connectivity index (χ3n) is 3.83. The van der Waals surface area contributed by atoms with Crippen LogP contribution in [0.3, 0.4) is 0 Å². The van der Waals surface area contributed by atoms with Gasteiger partial charge in [0.2, 0.25) is 5.91 Å². The van der Waals surface area contributed by atoms with Gasteiger partial charge in [0, 0.05) is 12.0 Å². The van der Waals surface area contributed by atoms with E-state index in [0.29, 0.717) is 18.5 Å². The van der Waals surface area contributed by atoms with Gasteiger partial charge in [-0.1, -0.05) is 38.1 Å². The average molecular weight is 331 g/mol. The Morgan fingerprint density at radius 1 is 1.21 bits per heavy atom. The molecule has 2 N–H and O–H groups in total. The van der Waals surface area contributed by atoms with Crippen LogP contribution in [0.5, 0.6) is 0 Å². The molecule has 0 fully saturated rings. The van der Waals surface area contributed by atoms with E-state index in [4.69, 9.17) is 4.84 Å². The molecule has 1 aliphatic heterocycles. The number of oxime groups is 1. The Bertz CT molecular complexity index is 630. The minimum atomic E-state index is -0.262. The number of benzene rings is 1. The maximum Gasteiger partial charge on any atom is 0.251 e. The Labute approximate surface area is 142 Å². The second-order valence-corrected chi connectivity index (χ2v) is 7.07. The summed E-state index contributed by atoms with van der Waals surface area (Å²) < 4.78 is 0. The van der Waals surface area contributed by atoms with Crippen molar-refractivity contribution in [2.75, 3.05) is 13.1 Å². The van der Waals surface area contributed by atoms with Crippen molar-refractivity contribution in [3.8, 4) is 0 Å². The van der Waals surface area contributed by atoms with Gasteiger partial charge in [0.05, 0.1) is 18.8 Å². The van der Waals surface area contributed by atoms with Crippen molar-refractivity contribution < 1.29 is 14.4 Å². The molecule has 0 aliphatic carbocycles. The van der Waals surface area contributed by atoms with Crippen LogP contribution in [0.25, 0.3) is 0 Å². The molecule has 0 saturated heterocycles. The zero-order chi connectivity index (χ0) is 17.7. The van der Waals surface area contributed by atoms with Gasteiger partial charge in [-0.05, 0) is 30.0 Å². The summed E-state index contributed by atoms with van der Waals surface area (Å²) in [5.41, 5.74) is 2.66. The van der Waals surface area contributed by atoms with Crippen molar-refractivity contribution in [2.24, 2.45) is 5.16 Å². The lowest BCUT2D eigenvalue weighted by molar-refractivity contribution is -0.120. The molecule has 2 amide bonds. The van der Waals surface area contributed by atoms with E-state index in [1.807, 2.05) is 19.1 Å². The van der Waals surface area contributed by atoms with Crippen molar-refractivity contribution >= 4 is 17.5 Å². The fourth-order valence-corrected chi connectivity index (χ4v) is 2.35. The van der Waals surface area contributed by atoms with E-state index >= 15 is 0 Å². The van der Waals surface area contributed by atoms with Crippen LogP contribution in [0.1, 0.15) is 50.0 Å². The SMILES string of the molecule is CC1=NO[C@@H](CNC(=O)CNC(=O)c2ccc(C(C)(C)C)cc2)C1. The Morgan fingerprint density at radius 2 is 1.88 bits per heavy atom. The highest BCUT2D eigenvalue weighted by atomic mass is 16.6. The van der Waals surface area contributed by atoms with Crippen LogP contribution in [-0.4, -0.2) is 36.7 Å². The number of hydrogen-bond acceptors (Lipinski definition) is 4. The molecule has 0 saturated carbocycles. The summed E-state index contributed by atoms with van der Waals surface area (Å²) in [6.45, 7) is 8.56. The molecule has 0 radical (unpaired) electrons. The highest BCUT2D eigenvalue weighted by Crippen LogP contribution is 2.22. The molecule has 6 nitrogen and oxygen atoms in total. The second kappa shape index (κ2) is 7.47. The fraction of sp³-hybridized carbons (Fsp3) is 0.500. The molecular weight excluding hydrogens is 306 g/mol. The molecule has 1 heterocycles. The van der Waals surface area contributed by atoms with Crippen LogP contribution in [0.15, 0.2) is 29.4 Å². The topological polar surface area (TPSA) is 79.8 Å². The fourth-order valence-electron chi connectivity index (χ4n) is 2.35. The number of rotatable bonds is 5. The lowest BCUT2D eigenvalue weighted by Crippen LogP contribution is -2.40. The van der Waals surface area contributed by atoms with Crippen LogP contribution >= 0.6 is 0 Å². The number of nitrogens with zero attached hydrogens (tertiary/aromatic N) is 1. The summed E-state index contributed by atoms with van der Waals surface area (Å²) in [7, 11) is 0. The lowest BCUT2D eigenvalue weighted by atomic mass is 9.87. The molecule has 130 valence electrons. The molecule has 1 aromatic carbocycles. The Kier molecular flexibility index (Phi) is 5.59. The maximum absolute atomic E-state index is 12.1. The second-order valence-electron chi connectivity index (χ2n) is 7.07. The van der Waals surface area contributed by atoms with Crippen LogP contribution in [0.2, 0.25) is 0 Å². The van der Waals surface area contributed by atoms with E-state index in [-0.39, 0.29) is 29.9 Å². The molecule has 0 aromatic heterocycles. The predicted octanol–water partition coefficient (Wildman–Crippen LogP) is 1.99. The van der Waals surface area contributed by atoms with Gasteiger partial charge in [-0.2, -0.15) is 0 Å². The van der Waals surface area contributed by atoms with Crippen LogP contribution < -0.4 is 10.6 Å². The molecule has 2 rings (SSSR count). The van der Waals surface area contributed by atoms with Gasteiger partial charge in [0.25, 0.3) is 5.91 Å². The third kappa shape index (κ3) is 5.08. The minimum Gasteiger partial charge on any atom is -0.390 e. The van der Waals surface area contributed by atoms with Gasteiger partial charge in [0.1, 0.15) is 6.10 Å². The number of carbonyl (C=O) groups excluding carboxylic acids is 2. The molecule has 0 bridgehead atoms. The van der Waals surface area contributed by atoms with E-state index < -0.39 is 0 Å². The Hall–Kier alpha value is -2.37. The summed E-state index contributed by atoms with van der Waals surface area (Å²) >= 11 is 0.